The molecule has 0 N–H and O–H groups in total. The molecule has 7 heteroatoms. The van der Waals surface area contributed by atoms with Crippen LogP contribution < -0.4 is 4.74 Å². The van der Waals surface area contributed by atoms with E-state index >= 15 is 0 Å². The lowest BCUT2D eigenvalue weighted by Crippen LogP contribution is -1.98. The topological polar surface area (TPSA) is 75.3 Å². The molecule has 1 aromatic heterocycles. The highest BCUT2D eigenvalue weighted by atomic mass is 32.2. The van der Waals surface area contributed by atoms with Gasteiger partial charge in [-0.05, 0) is 36.2 Å². The molecule has 1 unspecified atom stereocenters. The Kier molecular flexibility index (Phi) is 4.97. The molecule has 1 atom stereocenters. The third-order valence-corrected chi connectivity index (χ3v) is 6.66. The number of amides is 1. The van der Waals surface area contributed by atoms with E-state index in [2.05, 4.69) is 21.4 Å². The molecule has 0 bridgehead atoms. The van der Waals surface area contributed by atoms with Gasteiger partial charge in [-0.2, -0.15) is 10.3 Å². The Hall–Kier alpha value is -2.17. The molecule has 0 aliphatic carbocycles. The zero-order chi connectivity index (χ0) is 17.1. The molecule has 24 heavy (non-hydrogen) atoms. The van der Waals surface area contributed by atoms with Crippen LogP contribution in [-0.2, 0) is 4.79 Å². The Bertz CT molecular complexity index is 929. The fourth-order valence-electron chi connectivity index (χ4n) is 2.44. The first-order valence-corrected chi connectivity index (χ1v) is 10.00. The maximum Gasteiger partial charge on any atom is 0.257 e. The molecule has 122 valence electrons. The lowest BCUT2D eigenvalue weighted by atomic mass is 10.1. The summed E-state index contributed by atoms with van der Waals surface area (Å²) in [5.74, 6) is 0.927. The highest BCUT2D eigenvalue weighted by Gasteiger charge is 2.18. The smallest absolute Gasteiger partial charge is 0.257 e. The van der Waals surface area contributed by atoms with Gasteiger partial charge in [0.1, 0.15) is 21.8 Å². The van der Waals surface area contributed by atoms with Crippen molar-refractivity contribution in [3.63, 3.8) is 0 Å². The maximum atomic E-state index is 11.6. The average molecular weight is 357 g/mol. The summed E-state index contributed by atoms with van der Waals surface area (Å²) >= 11 is 1.51. The van der Waals surface area contributed by atoms with E-state index in [1.165, 1.54) is 18.0 Å². The van der Waals surface area contributed by atoms with Crippen molar-refractivity contribution in [3.8, 4) is 11.8 Å². The molecule has 1 aromatic carbocycles. The summed E-state index contributed by atoms with van der Waals surface area (Å²) in [4.78, 5) is 19.9. The van der Waals surface area contributed by atoms with Crippen LogP contribution in [0.3, 0.4) is 0 Å². The van der Waals surface area contributed by atoms with Gasteiger partial charge in [0.2, 0.25) is 0 Å². The number of pyridine rings is 1. The minimum Gasteiger partial charge on any atom is -0.492 e. The summed E-state index contributed by atoms with van der Waals surface area (Å²) in [6.07, 6.45) is 3.47. The van der Waals surface area contributed by atoms with Crippen molar-refractivity contribution in [2.45, 2.75) is 6.92 Å². The number of hydrogen-bond donors (Lipinski definition) is 0. The first kappa shape index (κ1) is 16.7. The van der Waals surface area contributed by atoms with E-state index in [0.29, 0.717) is 23.7 Å². The first-order chi connectivity index (χ1) is 11.7. The van der Waals surface area contributed by atoms with E-state index in [-0.39, 0.29) is 16.4 Å². The van der Waals surface area contributed by atoms with E-state index in [1.807, 2.05) is 31.4 Å². The number of nitriles is 1. The van der Waals surface area contributed by atoms with Gasteiger partial charge >= 0.3 is 0 Å². The Morgan fingerprint density at radius 3 is 3.04 bits per heavy atom. The van der Waals surface area contributed by atoms with Gasteiger partial charge in [-0.25, -0.2) is 0 Å². The molecule has 1 aliphatic rings. The zero-order valence-corrected chi connectivity index (χ0v) is 14.9. The highest BCUT2D eigenvalue weighted by molar-refractivity contribution is 8.46. The molecule has 0 saturated heterocycles. The van der Waals surface area contributed by atoms with E-state index in [0.717, 1.165) is 20.8 Å². The van der Waals surface area contributed by atoms with Gasteiger partial charge in [0.05, 0.1) is 17.9 Å². The van der Waals surface area contributed by atoms with Gasteiger partial charge < -0.3 is 4.74 Å². The van der Waals surface area contributed by atoms with Gasteiger partial charge in [0.25, 0.3) is 5.91 Å². The molecule has 1 aliphatic heterocycles. The number of rotatable bonds is 3. The van der Waals surface area contributed by atoms with Gasteiger partial charge in [0.15, 0.2) is 0 Å². The number of carbonyl (C=O) groups is 1. The largest absolute Gasteiger partial charge is 0.492 e. The summed E-state index contributed by atoms with van der Waals surface area (Å²) in [5, 5.41) is 12.1. The van der Waals surface area contributed by atoms with Crippen molar-refractivity contribution in [2.75, 3.05) is 18.6 Å². The number of fused-ring (bicyclic) bond motifs is 1. The molecular weight excluding hydrogens is 342 g/mol. The Balaban J connectivity index is 2.11. The lowest BCUT2D eigenvalue weighted by molar-refractivity contribution is -0.115. The van der Waals surface area contributed by atoms with Crippen LogP contribution in [0.2, 0.25) is 0 Å². The molecule has 2 aromatic rings. The van der Waals surface area contributed by atoms with Gasteiger partial charge in [0, 0.05) is 11.6 Å². The van der Waals surface area contributed by atoms with Crippen LogP contribution in [0.4, 0.5) is 0 Å². The van der Waals surface area contributed by atoms with Crippen molar-refractivity contribution in [3.05, 3.63) is 35.5 Å². The monoisotopic (exact) mass is 357 g/mol. The van der Waals surface area contributed by atoms with E-state index < -0.39 is 0 Å². The third-order valence-electron chi connectivity index (χ3n) is 3.42. The molecule has 0 saturated carbocycles. The standard InChI is InChI=1S/C17H15N3O2S2/c1-3-22-16-12(7-18)8-19-14-5-4-11(6-13(14)16)9-24-10-15(21)20-17(24)23-2/h4-6,8-9H,3,10H2,1-2H3. The van der Waals surface area contributed by atoms with Crippen LogP contribution in [0.15, 0.2) is 29.4 Å². The fraction of sp³-hybridized carbons (Fsp3) is 0.235. The zero-order valence-electron chi connectivity index (χ0n) is 13.3. The average Bonchev–Trinajstić information content (AvgIpc) is 2.95. The molecular formula is C17H15N3O2S2. The van der Waals surface area contributed by atoms with Crippen molar-refractivity contribution >= 4 is 48.8 Å². The Morgan fingerprint density at radius 1 is 1.50 bits per heavy atom. The molecule has 0 spiro atoms. The highest BCUT2D eigenvalue weighted by Crippen LogP contribution is 2.32. The van der Waals surface area contributed by atoms with Gasteiger partial charge in [-0.1, -0.05) is 6.07 Å². The molecule has 1 amide bonds. The summed E-state index contributed by atoms with van der Waals surface area (Å²) in [7, 11) is -0.294. The van der Waals surface area contributed by atoms with Crippen LogP contribution >= 0.6 is 22.2 Å². The van der Waals surface area contributed by atoms with Crippen LogP contribution in [0.25, 0.3) is 10.9 Å². The molecule has 0 radical (unpaired) electrons. The molecule has 5 nitrogen and oxygen atoms in total. The predicted octanol–water partition coefficient (Wildman–Crippen LogP) is 3.18. The van der Waals surface area contributed by atoms with E-state index in [4.69, 9.17) is 4.74 Å². The van der Waals surface area contributed by atoms with Crippen LogP contribution in [0.5, 0.6) is 5.75 Å². The number of benzene rings is 1. The second kappa shape index (κ2) is 7.16. The summed E-state index contributed by atoms with van der Waals surface area (Å²) < 4.78 is 6.54. The number of aliphatic imine (C=N–C) groups is 1. The number of nitrogens with zero attached hydrogens (tertiary/aromatic N) is 3. The van der Waals surface area contributed by atoms with Crippen molar-refractivity contribution in [1.29, 1.82) is 5.26 Å². The van der Waals surface area contributed by atoms with Gasteiger partial charge in [-0.3, -0.25) is 9.78 Å². The quantitative estimate of drug-likeness (QED) is 0.789. The Morgan fingerprint density at radius 2 is 2.33 bits per heavy atom. The summed E-state index contributed by atoms with van der Waals surface area (Å²) in [6.45, 7) is 2.36. The third kappa shape index (κ3) is 3.21. The molecule has 2 heterocycles. The Labute approximate surface area is 146 Å². The summed E-state index contributed by atoms with van der Waals surface area (Å²) in [5.41, 5.74) is 2.17. The SMILES string of the molecule is CCOc1c(C#N)cnc2ccc(/C=S3/CC(=O)N=C3SC)cc12. The minimum absolute atomic E-state index is 0.0665. The number of thioether (sulfide) groups is 1. The lowest BCUT2D eigenvalue weighted by Gasteiger charge is -2.10. The van der Waals surface area contributed by atoms with E-state index in [1.54, 1.807) is 0 Å². The second-order valence-electron chi connectivity index (χ2n) is 4.99. The van der Waals surface area contributed by atoms with Crippen LogP contribution in [-0.4, -0.2) is 39.2 Å². The van der Waals surface area contributed by atoms with Crippen molar-refractivity contribution in [1.82, 2.24) is 4.98 Å². The minimum atomic E-state index is -0.294. The normalized spacial score (nSPS) is 17.1. The van der Waals surface area contributed by atoms with Crippen LogP contribution in [0, 0.1) is 11.3 Å². The van der Waals surface area contributed by atoms with Crippen molar-refractivity contribution in [2.24, 2.45) is 4.99 Å². The second-order valence-corrected chi connectivity index (χ2v) is 7.81. The number of ether oxygens (including phenoxy) is 1. The summed E-state index contributed by atoms with van der Waals surface area (Å²) in [6, 6.07) is 7.95. The number of aromatic nitrogens is 1. The van der Waals surface area contributed by atoms with Gasteiger partial charge in [-0.15, -0.1) is 22.2 Å². The predicted molar refractivity (Wildman–Crippen MR) is 101 cm³/mol. The molecule has 0 fully saturated rings. The van der Waals surface area contributed by atoms with E-state index in [9.17, 15) is 10.1 Å². The van der Waals surface area contributed by atoms with Crippen molar-refractivity contribution < 1.29 is 9.53 Å². The van der Waals surface area contributed by atoms with Crippen LogP contribution in [0.1, 0.15) is 18.1 Å². The molecule has 3 rings (SSSR count). The number of hydrogen-bond acceptors (Lipinski definition) is 5. The first-order valence-electron chi connectivity index (χ1n) is 7.32. The maximum absolute atomic E-state index is 11.6. The number of carbonyl (C=O) groups excluding carboxylic acids is 1. The fourth-order valence-corrected chi connectivity index (χ4v) is 5.14.